The van der Waals surface area contributed by atoms with Crippen LogP contribution in [0.4, 0.5) is 0 Å². The van der Waals surface area contributed by atoms with Gasteiger partial charge >= 0.3 is 0 Å². The van der Waals surface area contributed by atoms with Gasteiger partial charge < -0.3 is 4.74 Å². The molecule has 1 saturated heterocycles. The number of hydrogen-bond donors (Lipinski definition) is 0. The Kier molecular flexibility index (Phi) is 1.72. The summed E-state index contributed by atoms with van der Waals surface area (Å²) in [6, 6.07) is 0. The van der Waals surface area contributed by atoms with Crippen molar-refractivity contribution < 1.29 is 4.74 Å². The van der Waals surface area contributed by atoms with Crippen LogP contribution in [0.5, 0.6) is 0 Å². The monoisotopic (exact) mass is 113 g/mol. The molecule has 1 aliphatic heterocycles. The topological polar surface area (TPSA) is 58.0 Å². The summed E-state index contributed by atoms with van der Waals surface area (Å²) in [5.41, 5.74) is 7.90. The molecule has 8 heavy (non-hydrogen) atoms. The van der Waals surface area contributed by atoms with Crippen molar-refractivity contribution in [1.29, 1.82) is 0 Å². The van der Waals surface area contributed by atoms with E-state index in [1.807, 2.05) is 0 Å². The Hall–Kier alpha value is -0.730. The second kappa shape index (κ2) is 2.55. The van der Waals surface area contributed by atoms with Gasteiger partial charge in [-0.3, -0.25) is 0 Å². The number of rotatable bonds is 1. The van der Waals surface area contributed by atoms with Gasteiger partial charge in [0.2, 0.25) is 0 Å². The van der Waals surface area contributed by atoms with E-state index >= 15 is 0 Å². The van der Waals surface area contributed by atoms with Gasteiger partial charge in [-0.15, -0.1) is 0 Å². The van der Waals surface area contributed by atoms with Gasteiger partial charge in [0.15, 0.2) is 0 Å². The Labute approximate surface area is 47.1 Å². The van der Waals surface area contributed by atoms with Crippen LogP contribution in [-0.2, 0) is 4.74 Å². The maximum absolute atomic E-state index is 7.90. The van der Waals surface area contributed by atoms with E-state index in [1.54, 1.807) is 0 Å². The summed E-state index contributed by atoms with van der Waals surface area (Å²) in [7, 11) is 0. The molecule has 0 aromatic carbocycles. The first-order chi connectivity index (χ1) is 3.93. The maximum atomic E-state index is 7.90. The molecule has 0 N–H and O–H groups in total. The maximum Gasteiger partial charge on any atom is 0.136 e. The van der Waals surface area contributed by atoms with E-state index in [1.165, 1.54) is 0 Å². The van der Waals surface area contributed by atoms with Crippen LogP contribution in [0.25, 0.3) is 10.4 Å². The van der Waals surface area contributed by atoms with Crippen molar-refractivity contribution in [2.24, 2.45) is 5.11 Å². The Morgan fingerprint density at radius 1 is 1.75 bits per heavy atom. The Morgan fingerprint density at radius 3 is 3.12 bits per heavy atom. The molecule has 0 aliphatic carbocycles. The fraction of sp³-hybridized carbons (Fsp3) is 1.00. The summed E-state index contributed by atoms with van der Waals surface area (Å²) in [6.45, 7) is 0.740. The van der Waals surface area contributed by atoms with E-state index in [9.17, 15) is 0 Å². The van der Waals surface area contributed by atoms with Crippen LogP contribution in [0.15, 0.2) is 5.11 Å². The molecule has 0 aromatic heterocycles. The van der Waals surface area contributed by atoms with Crippen molar-refractivity contribution in [3.63, 3.8) is 0 Å². The lowest BCUT2D eigenvalue weighted by Gasteiger charge is -1.95. The molecular formula is C4H7N3O. The quantitative estimate of drug-likeness (QED) is 0.288. The minimum atomic E-state index is -0.181. The van der Waals surface area contributed by atoms with Gasteiger partial charge in [0.05, 0.1) is 0 Å². The van der Waals surface area contributed by atoms with Crippen molar-refractivity contribution >= 4 is 0 Å². The van der Waals surface area contributed by atoms with E-state index in [0.717, 1.165) is 19.4 Å². The van der Waals surface area contributed by atoms with Gasteiger partial charge in [-0.2, -0.15) is 0 Å². The molecule has 0 amide bonds. The second-order valence-electron chi connectivity index (χ2n) is 1.67. The lowest BCUT2D eigenvalue weighted by molar-refractivity contribution is 0.116. The summed E-state index contributed by atoms with van der Waals surface area (Å²) in [4.78, 5) is 2.62. The highest BCUT2D eigenvalue weighted by Gasteiger charge is 2.11. The number of hydrogen-bond acceptors (Lipinski definition) is 2. The fourth-order valence-electron chi connectivity index (χ4n) is 0.709. The third-order valence-electron chi connectivity index (χ3n) is 1.09. The van der Waals surface area contributed by atoms with E-state index < -0.39 is 0 Å². The van der Waals surface area contributed by atoms with Crippen LogP contribution in [0.1, 0.15) is 12.8 Å². The first kappa shape index (κ1) is 5.41. The highest BCUT2D eigenvalue weighted by molar-refractivity contribution is 4.61. The molecule has 1 heterocycles. The molecular weight excluding hydrogens is 106 g/mol. The lowest BCUT2D eigenvalue weighted by atomic mass is 10.3. The van der Waals surface area contributed by atoms with Crippen LogP contribution in [0, 0.1) is 0 Å². The van der Waals surface area contributed by atoms with Crippen molar-refractivity contribution in [2.75, 3.05) is 6.61 Å². The highest BCUT2D eigenvalue weighted by Crippen LogP contribution is 2.12. The first-order valence-electron chi connectivity index (χ1n) is 2.59. The first-order valence-corrected chi connectivity index (χ1v) is 2.59. The predicted octanol–water partition coefficient (Wildman–Crippen LogP) is 1.43. The molecule has 0 bridgehead atoms. The number of nitrogens with zero attached hydrogens (tertiary/aromatic N) is 3. The van der Waals surface area contributed by atoms with Crippen molar-refractivity contribution in [3.05, 3.63) is 10.4 Å². The van der Waals surface area contributed by atoms with Gasteiger partial charge in [0.25, 0.3) is 0 Å². The minimum Gasteiger partial charge on any atom is -0.372 e. The van der Waals surface area contributed by atoms with Gasteiger partial charge in [-0.05, 0) is 18.4 Å². The molecule has 44 valence electrons. The average molecular weight is 113 g/mol. The highest BCUT2D eigenvalue weighted by atomic mass is 16.5. The molecule has 4 heteroatoms. The molecule has 1 aliphatic rings. The Balaban J connectivity index is 2.35. The molecule has 1 atom stereocenters. The Morgan fingerprint density at radius 2 is 2.62 bits per heavy atom. The Bertz CT molecular complexity index is 112. The third-order valence-corrected chi connectivity index (χ3v) is 1.09. The standard InChI is InChI=1S/C4H7N3O/c5-7-6-4-2-1-3-8-4/h4H,1-3H2. The van der Waals surface area contributed by atoms with Gasteiger partial charge in [-0.1, -0.05) is 5.11 Å². The summed E-state index contributed by atoms with van der Waals surface area (Å²) in [6.07, 6.45) is 1.72. The summed E-state index contributed by atoms with van der Waals surface area (Å²) in [5, 5.41) is 3.38. The largest absolute Gasteiger partial charge is 0.372 e. The molecule has 4 nitrogen and oxygen atoms in total. The molecule has 1 unspecified atom stereocenters. The summed E-state index contributed by atoms with van der Waals surface area (Å²) in [5.74, 6) is 0. The van der Waals surface area contributed by atoms with Gasteiger partial charge in [-0.25, -0.2) is 0 Å². The zero-order valence-electron chi connectivity index (χ0n) is 4.45. The fourth-order valence-corrected chi connectivity index (χ4v) is 0.709. The molecule has 0 spiro atoms. The van der Waals surface area contributed by atoms with E-state index in [2.05, 4.69) is 10.0 Å². The average Bonchev–Trinajstić information content (AvgIpc) is 2.19. The summed E-state index contributed by atoms with van der Waals surface area (Å²) >= 11 is 0. The molecule has 0 saturated carbocycles. The van der Waals surface area contributed by atoms with Crippen LogP contribution in [0.3, 0.4) is 0 Å². The minimum absolute atomic E-state index is 0.181. The molecule has 0 aromatic rings. The zero-order chi connectivity index (χ0) is 5.82. The third kappa shape index (κ3) is 1.12. The number of azide groups is 1. The smallest absolute Gasteiger partial charge is 0.136 e. The second-order valence-corrected chi connectivity index (χ2v) is 1.67. The van der Waals surface area contributed by atoms with Crippen LogP contribution in [-0.4, -0.2) is 12.8 Å². The van der Waals surface area contributed by atoms with E-state index in [4.69, 9.17) is 10.3 Å². The van der Waals surface area contributed by atoms with Crippen LogP contribution >= 0.6 is 0 Å². The lowest BCUT2D eigenvalue weighted by Crippen LogP contribution is -1.96. The van der Waals surface area contributed by atoms with Crippen molar-refractivity contribution in [1.82, 2.24) is 0 Å². The van der Waals surface area contributed by atoms with Crippen LogP contribution < -0.4 is 0 Å². The van der Waals surface area contributed by atoms with Crippen LogP contribution in [0.2, 0.25) is 0 Å². The molecule has 0 radical (unpaired) electrons. The predicted molar refractivity (Wildman–Crippen MR) is 28.1 cm³/mol. The van der Waals surface area contributed by atoms with E-state index in [0.29, 0.717) is 0 Å². The normalized spacial score (nSPS) is 27.2. The van der Waals surface area contributed by atoms with Crippen molar-refractivity contribution in [3.8, 4) is 0 Å². The van der Waals surface area contributed by atoms with Gasteiger partial charge in [0, 0.05) is 11.5 Å². The van der Waals surface area contributed by atoms with E-state index in [-0.39, 0.29) is 6.23 Å². The summed E-state index contributed by atoms with van der Waals surface area (Å²) < 4.78 is 4.97. The SMILES string of the molecule is [N-]=[N+]=NC1CCCO1. The van der Waals surface area contributed by atoms with Gasteiger partial charge in [0.1, 0.15) is 6.23 Å². The zero-order valence-corrected chi connectivity index (χ0v) is 4.45. The number of ether oxygens (including phenoxy) is 1. The molecule has 1 fully saturated rings. The molecule has 1 rings (SSSR count). The van der Waals surface area contributed by atoms with Crippen molar-refractivity contribution in [2.45, 2.75) is 19.1 Å².